The number of aromatic nitrogens is 2. The number of carbonyl (C=O) groups is 2. The van der Waals surface area contributed by atoms with Crippen molar-refractivity contribution >= 4 is 22.9 Å². The third-order valence-electron chi connectivity index (χ3n) is 7.04. The lowest BCUT2D eigenvalue weighted by Crippen LogP contribution is -2.60. The molecule has 36 heavy (non-hydrogen) atoms. The average molecular weight is 479 g/mol. The fourth-order valence-electron chi connectivity index (χ4n) is 5.26. The number of hydrogen-bond acceptors (Lipinski definition) is 7. The lowest BCUT2D eigenvalue weighted by Gasteiger charge is -2.34. The molecule has 2 unspecified atom stereocenters. The van der Waals surface area contributed by atoms with Gasteiger partial charge in [0.25, 0.3) is 11.7 Å². The summed E-state index contributed by atoms with van der Waals surface area (Å²) < 4.78 is 7.58. The highest BCUT2D eigenvalue weighted by atomic mass is 16.6. The highest BCUT2D eigenvalue weighted by molar-refractivity contribution is 6.16. The van der Waals surface area contributed by atoms with Gasteiger partial charge in [-0.25, -0.2) is 4.98 Å². The Balaban J connectivity index is 1.57. The molecule has 2 aromatic heterocycles. The van der Waals surface area contributed by atoms with Gasteiger partial charge < -0.3 is 20.9 Å². The van der Waals surface area contributed by atoms with Gasteiger partial charge in [0, 0.05) is 23.0 Å². The zero-order valence-electron chi connectivity index (χ0n) is 19.4. The van der Waals surface area contributed by atoms with Gasteiger partial charge in [0.1, 0.15) is 11.8 Å². The summed E-state index contributed by atoms with van der Waals surface area (Å²) in [5.41, 5.74) is 6.14. The number of carbonyl (C=O) groups excluding carboxylic acids is 2. The van der Waals surface area contributed by atoms with Crippen LogP contribution >= 0.6 is 0 Å². The van der Waals surface area contributed by atoms with E-state index in [2.05, 4.69) is 10.3 Å². The van der Waals surface area contributed by atoms with Gasteiger partial charge in [-0.05, 0) is 35.7 Å². The molecule has 6 rings (SSSR count). The number of nitrogens with two attached hydrogens (primary N) is 1. The monoisotopic (exact) mass is 479 g/mol. The zero-order chi connectivity index (χ0) is 25.4. The van der Waals surface area contributed by atoms with Crippen LogP contribution < -0.4 is 15.8 Å². The normalized spacial score (nSPS) is 21.6. The molecule has 2 aromatic carbocycles. The number of aliphatic hydroxyl groups is 1. The van der Waals surface area contributed by atoms with E-state index in [1.165, 1.54) is 4.40 Å². The van der Waals surface area contributed by atoms with Crippen molar-refractivity contribution in [2.24, 2.45) is 0 Å². The molecule has 9 heteroatoms. The summed E-state index contributed by atoms with van der Waals surface area (Å²) in [6, 6.07) is 17.1. The van der Waals surface area contributed by atoms with Crippen molar-refractivity contribution in [1.82, 2.24) is 14.7 Å². The fraction of sp³-hybridized carbons (Fsp3) is 0.185. The van der Waals surface area contributed by atoms with Crippen molar-refractivity contribution in [2.75, 3.05) is 5.73 Å². The Labute approximate surface area is 205 Å². The molecule has 0 spiro atoms. The van der Waals surface area contributed by atoms with E-state index in [9.17, 15) is 20.0 Å². The molecule has 3 heterocycles. The Morgan fingerprint density at radius 1 is 1.19 bits per heavy atom. The van der Waals surface area contributed by atoms with E-state index in [4.69, 9.17) is 10.5 Å². The Morgan fingerprint density at radius 2 is 2.00 bits per heavy atom. The van der Waals surface area contributed by atoms with E-state index in [-0.39, 0.29) is 40.0 Å². The summed E-state index contributed by atoms with van der Waals surface area (Å²) in [6.45, 7) is 4.03. The molecule has 9 nitrogen and oxygen atoms in total. The summed E-state index contributed by atoms with van der Waals surface area (Å²) in [5, 5.41) is 24.3. The van der Waals surface area contributed by atoms with Crippen molar-refractivity contribution in [3.63, 3.8) is 0 Å². The molecule has 2 aliphatic rings. The number of nitrogens with one attached hydrogen (secondary N) is 1. The van der Waals surface area contributed by atoms with Gasteiger partial charge in [-0.1, -0.05) is 44.2 Å². The Kier molecular flexibility index (Phi) is 4.34. The maximum atomic E-state index is 14.1. The van der Waals surface area contributed by atoms with Gasteiger partial charge in [-0.15, -0.1) is 0 Å². The highest BCUT2D eigenvalue weighted by Gasteiger charge is 2.72. The number of nitriles is 1. The fourth-order valence-corrected chi connectivity index (χ4v) is 5.26. The topological polar surface area (TPSA) is 143 Å². The smallest absolute Gasteiger partial charge is 0.273 e. The number of rotatable bonds is 3. The molecule has 178 valence electrons. The van der Waals surface area contributed by atoms with Gasteiger partial charge in [0.2, 0.25) is 17.1 Å². The second-order valence-electron chi connectivity index (χ2n) is 9.31. The van der Waals surface area contributed by atoms with Crippen molar-refractivity contribution in [3.05, 3.63) is 94.6 Å². The van der Waals surface area contributed by atoms with Crippen LogP contribution in [0.2, 0.25) is 0 Å². The number of imidazole rings is 1. The predicted molar refractivity (Wildman–Crippen MR) is 129 cm³/mol. The highest BCUT2D eigenvalue weighted by Crippen LogP contribution is 2.59. The Hall–Kier alpha value is -4.68. The molecule has 0 saturated carbocycles. The minimum absolute atomic E-state index is 0.0124. The molecule has 0 fully saturated rings. The van der Waals surface area contributed by atoms with Crippen LogP contribution in [0.5, 0.6) is 5.75 Å². The molecular weight excluding hydrogens is 458 g/mol. The number of hydrogen-bond donors (Lipinski definition) is 3. The number of pyridine rings is 1. The van der Waals surface area contributed by atoms with Crippen LogP contribution in [0.3, 0.4) is 0 Å². The third kappa shape index (κ3) is 2.53. The summed E-state index contributed by atoms with van der Waals surface area (Å²) in [7, 11) is 0. The second kappa shape index (κ2) is 7.16. The first kappa shape index (κ1) is 21.8. The molecule has 0 bridgehead atoms. The molecule has 1 aliphatic heterocycles. The SMILES string of the molecule is CC(C)c1ccc2c(c1)OC1(O)c3cccc(N)c3C(=O)C21NC(=O)c1nc(C#N)n2ccccc12. The van der Waals surface area contributed by atoms with Crippen molar-refractivity contribution < 1.29 is 19.4 Å². The van der Waals surface area contributed by atoms with Crippen LogP contribution in [0, 0.1) is 11.3 Å². The van der Waals surface area contributed by atoms with E-state index in [0.29, 0.717) is 11.1 Å². The molecular formula is C27H21N5O4. The number of anilines is 1. The van der Waals surface area contributed by atoms with Crippen LogP contribution in [0.15, 0.2) is 60.8 Å². The molecule has 4 aromatic rings. The quantitative estimate of drug-likeness (QED) is 0.383. The van der Waals surface area contributed by atoms with Crippen LogP contribution in [-0.2, 0) is 11.3 Å². The Bertz CT molecular complexity index is 1670. The van der Waals surface area contributed by atoms with E-state index in [0.717, 1.165) is 5.56 Å². The molecule has 1 aliphatic carbocycles. The van der Waals surface area contributed by atoms with E-state index in [1.54, 1.807) is 54.7 Å². The summed E-state index contributed by atoms with van der Waals surface area (Å²) in [4.78, 5) is 32.0. The minimum atomic E-state index is -2.24. The number of Topliss-reactive ketones (excluding diaryl/α,β-unsaturated/α-hetero) is 1. The number of fused-ring (bicyclic) bond motifs is 6. The standard InChI is InChI=1S/C27H21N5O4/c1-14(2)15-9-10-16-20(12-15)36-27(35)17-6-5-7-18(29)22(17)24(33)26(16,27)31-25(34)23-19-8-3-4-11-32(19)21(13-28)30-23/h3-12,14,35H,29H2,1-2H3,(H,31,34). The Morgan fingerprint density at radius 3 is 2.75 bits per heavy atom. The lowest BCUT2D eigenvalue weighted by molar-refractivity contribution is -0.169. The van der Waals surface area contributed by atoms with Crippen molar-refractivity contribution in [3.8, 4) is 11.8 Å². The first-order chi connectivity index (χ1) is 17.2. The first-order valence-corrected chi connectivity index (χ1v) is 11.4. The molecule has 1 amide bonds. The summed E-state index contributed by atoms with van der Waals surface area (Å²) in [6.07, 6.45) is 1.62. The van der Waals surface area contributed by atoms with Crippen LogP contribution in [-0.4, -0.2) is 26.2 Å². The predicted octanol–water partition coefficient (Wildman–Crippen LogP) is 2.97. The number of nitrogens with zero attached hydrogens (tertiary/aromatic N) is 3. The minimum Gasteiger partial charge on any atom is -0.454 e. The largest absolute Gasteiger partial charge is 0.454 e. The number of benzene rings is 2. The maximum Gasteiger partial charge on any atom is 0.273 e. The lowest BCUT2D eigenvalue weighted by atomic mass is 9.82. The molecule has 0 saturated heterocycles. The number of amides is 1. The van der Waals surface area contributed by atoms with Crippen LogP contribution in [0.4, 0.5) is 5.69 Å². The van der Waals surface area contributed by atoms with E-state index >= 15 is 0 Å². The van der Waals surface area contributed by atoms with Gasteiger partial charge in [-0.2, -0.15) is 5.26 Å². The molecule has 4 N–H and O–H groups in total. The summed E-state index contributed by atoms with van der Waals surface area (Å²) in [5.74, 6) is -3.11. The average Bonchev–Trinajstić information content (AvgIpc) is 3.42. The zero-order valence-corrected chi connectivity index (χ0v) is 19.4. The van der Waals surface area contributed by atoms with E-state index < -0.39 is 23.0 Å². The van der Waals surface area contributed by atoms with Gasteiger partial charge in [0.05, 0.1) is 11.1 Å². The number of ether oxygens (including phenoxy) is 1. The number of nitrogen functional groups attached to an aromatic ring is 1. The van der Waals surface area contributed by atoms with E-state index in [1.807, 2.05) is 26.0 Å². The molecule has 0 radical (unpaired) electrons. The van der Waals surface area contributed by atoms with Crippen LogP contribution in [0.25, 0.3) is 5.52 Å². The van der Waals surface area contributed by atoms with Crippen molar-refractivity contribution in [2.45, 2.75) is 31.1 Å². The summed E-state index contributed by atoms with van der Waals surface area (Å²) >= 11 is 0. The van der Waals surface area contributed by atoms with Crippen molar-refractivity contribution in [1.29, 1.82) is 5.26 Å². The first-order valence-electron chi connectivity index (χ1n) is 11.4. The third-order valence-corrected chi connectivity index (χ3v) is 7.04. The molecule has 2 atom stereocenters. The number of ketones is 1. The van der Waals surface area contributed by atoms with Gasteiger partial charge in [-0.3, -0.25) is 14.0 Å². The maximum absolute atomic E-state index is 14.1. The van der Waals surface area contributed by atoms with Gasteiger partial charge >= 0.3 is 0 Å². The second-order valence-corrected chi connectivity index (χ2v) is 9.31. The van der Waals surface area contributed by atoms with Gasteiger partial charge in [0.15, 0.2) is 5.69 Å². The van der Waals surface area contributed by atoms with Crippen LogP contribution in [0.1, 0.15) is 63.1 Å².